The van der Waals surface area contributed by atoms with Crippen LogP contribution >= 0.6 is 43.5 Å². The van der Waals surface area contributed by atoms with E-state index in [1.54, 1.807) is 24.3 Å². The maximum Gasteiger partial charge on any atom is 0.270 e. The standard InChI is InChI=1S/C15H13Br2ClN2O3/c16-11-5-9-10(6-12(11)17)15(23)20(14(9)22)19-13(21)7-1-3-8(18)4-2-7/h1-4,9-12H,5-6H2,(H,19,21)/t9-,10-,11-,12+/m1/s1. The van der Waals surface area contributed by atoms with Crippen molar-refractivity contribution in [3.63, 3.8) is 0 Å². The molecule has 8 heteroatoms. The summed E-state index contributed by atoms with van der Waals surface area (Å²) >= 11 is 12.8. The predicted molar refractivity (Wildman–Crippen MR) is 92.4 cm³/mol. The number of hydrogen-bond acceptors (Lipinski definition) is 3. The molecule has 3 rings (SSSR count). The molecule has 2 fully saturated rings. The number of rotatable bonds is 2. The Morgan fingerprint density at radius 2 is 1.52 bits per heavy atom. The largest absolute Gasteiger partial charge is 0.272 e. The number of amides is 3. The molecule has 0 unspecified atom stereocenters. The van der Waals surface area contributed by atoms with Crippen molar-refractivity contribution < 1.29 is 14.4 Å². The first-order valence-electron chi connectivity index (χ1n) is 7.11. The van der Waals surface area contributed by atoms with E-state index in [0.29, 0.717) is 23.4 Å². The van der Waals surface area contributed by atoms with E-state index >= 15 is 0 Å². The lowest BCUT2D eigenvalue weighted by atomic mass is 9.81. The Hall–Kier alpha value is -0.920. The normalized spacial score (nSPS) is 30.3. The molecule has 1 aliphatic heterocycles. The van der Waals surface area contributed by atoms with Gasteiger partial charge in [0.25, 0.3) is 17.7 Å². The van der Waals surface area contributed by atoms with Crippen LogP contribution in [-0.4, -0.2) is 32.4 Å². The number of carbonyl (C=O) groups is 3. The van der Waals surface area contributed by atoms with Gasteiger partial charge in [0.15, 0.2) is 0 Å². The van der Waals surface area contributed by atoms with Gasteiger partial charge in [-0.05, 0) is 37.1 Å². The maximum atomic E-state index is 12.5. The Kier molecular flexibility index (Phi) is 4.80. The van der Waals surface area contributed by atoms with Crippen LogP contribution in [0.1, 0.15) is 23.2 Å². The average molecular weight is 465 g/mol. The fourth-order valence-electron chi connectivity index (χ4n) is 2.97. The van der Waals surface area contributed by atoms with E-state index in [2.05, 4.69) is 37.3 Å². The van der Waals surface area contributed by atoms with Crippen LogP contribution in [0.4, 0.5) is 0 Å². The Balaban J connectivity index is 1.76. The number of hydrazine groups is 1. The fourth-order valence-corrected chi connectivity index (χ4v) is 4.34. The van der Waals surface area contributed by atoms with Crippen LogP contribution in [0.25, 0.3) is 0 Å². The fraction of sp³-hybridized carbons (Fsp3) is 0.400. The highest BCUT2D eigenvalue weighted by molar-refractivity contribution is 9.12. The summed E-state index contributed by atoms with van der Waals surface area (Å²) in [6, 6.07) is 6.24. The Bertz CT molecular complexity index is 639. The lowest BCUT2D eigenvalue weighted by molar-refractivity contribution is -0.142. The summed E-state index contributed by atoms with van der Waals surface area (Å²) in [6.07, 6.45) is 1.14. The number of hydrogen-bond donors (Lipinski definition) is 1. The minimum atomic E-state index is -0.507. The van der Waals surface area contributed by atoms with Gasteiger partial charge in [0.05, 0.1) is 11.8 Å². The molecule has 1 saturated heterocycles. The number of carbonyl (C=O) groups excluding carboxylic acids is 3. The topological polar surface area (TPSA) is 66.5 Å². The molecule has 0 spiro atoms. The van der Waals surface area contributed by atoms with Crippen molar-refractivity contribution in [3.05, 3.63) is 34.9 Å². The molecule has 5 nitrogen and oxygen atoms in total. The lowest BCUT2D eigenvalue weighted by Crippen LogP contribution is -2.46. The minimum absolute atomic E-state index is 0.132. The van der Waals surface area contributed by atoms with E-state index in [9.17, 15) is 14.4 Å². The third-order valence-electron chi connectivity index (χ3n) is 4.23. The van der Waals surface area contributed by atoms with Gasteiger partial charge in [-0.25, -0.2) is 0 Å². The molecule has 3 amide bonds. The van der Waals surface area contributed by atoms with Crippen LogP contribution in [0.3, 0.4) is 0 Å². The number of fused-ring (bicyclic) bond motifs is 1. The van der Waals surface area contributed by atoms with Crippen LogP contribution in [0.2, 0.25) is 5.02 Å². The van der Waals surface area contributed by atoms with Crippen molar-refractivity contribution in [2.45, 2.75) is 22.5 Å². The molecule has 4 atom stereocenters. The SMILES string of the molecule is O=C(NN1C(=O)[C@@H]2C[C@@H](Br)[C@@H](Br)C[C@H]2C1=O)c1ccc(Cl)cc1. The van der Waals surface area contributed by atoms with Crippen LogP contribution in [-0.2, 0) is 9.59 Å². The highest BCUT2D eigenvalue weighted by Crippen LogP contribution is 2.42. The summed E-state index contributed by atoms with van der Waals surface area (Å²) in [5.41, 5.74) is 2.76. The van der Waals surface area contributed by atoms with Gasteiger partial charge >= 0.3 is 0 Å². The van der Waals surface area contributed by atoms with Crippen LogP contribution < -0.4 is 5.43 Å². The van der Waals surface area contributed by atoms with E-state index in [-0.39, 0.29) is 33.3 Å². The zero-order chi connectivity index (χ0) is 16.7. The predicted octanol–water partition coefficient (Wildman–Crippen LogP) is 2.91. The molecule has 0 bridgehead atoms. The number of halogens is 3. The van der Waals surface area contributed by atoms with Gasteiger partial charge in [0, 0.05) is 20.2 Å². The Labute approximate surface area is 155 Å². The number of nitrogens with one attached hydrogen (secondary N) is 1. The second-order valence-corrected chi connectivity index (χ2v) is 8.46. The summed E-state index contributed by atoms with van der Waals surface area (Å²) in [4.78, 5) is 37.4. The molecule has 1 N–H and O–H groups in total. The van der Waals surface area contributed by atoms with Gasteiger partial charge in [-0.15, -0.1) is 0 Å². The first-order valence-corrected chi connectivity index (χ1v) is 9.32. The highest BCUT2D eigenvalue weighted by Gasteiger charge is 2.52. The van der Waals surface area contributed by atoms with Crippen LogP contribution in [0.15, 0.2) is 24.3 Å². The second kappa shape index (κ2) is 6.53. The molecule has 122 valence electrons. The molecule has 0 aromatic heterocycles. The first-order chi connectivity index (χ1) is 10.9. The third-order valence-corrected chi connectivity index (χ3v) is 7.22. The van der Waals surface area contributed by atoms with Crippen molar-refractivity contribution in [1.82, 2.24) is 10.4 Å². The van der Waals surface area contributed by atoms with Crippen molar-refractivity contribution in [2.75, 3.05) is 0 Å². The number of benzene rings is 1. The molecule has 2 aliphatic rings. The van der Waals surface area contributed by atoms with Crippen molar-refractivity contribution in [3.8, 4) is 0 Å². The van der Waals surface area contributed by atoms with Crippen LogP contribution in [0, 0.1) is 11.8 Å². The van der Waals surface area contributed by atoms with E-state index in [0.717, 1.165) is 5.01 Å². The molecule has 1 heterocycles. The van der Waals surface area contributed by atoms with E-state index < -0.39 is 5.91 Å². The van der Waals surface area contributed by atoms with Gasteiger partial charge in [-0.2, -0.15) is 5.01 Å². The van der Waals surface area contributed by atoms with Crippen molar-refractivity contribution in [1.29, 1.82) is 0 Å². The molecular weight excluding hydrogens is 451 g/mol. The monoisotopic (exact) mass is 462 g/mol. The van der Waals surface area contributed by atoms with Gasteiger partial charge in [0.1, 0.15) is 0 Å². The lowest BCUT2D eigenvalue weighted by Gasteiger charge is -2.29. The number of imide groups is 1. The quantitative estimate of drug-likeness (QED) is 0.541. The molecule has 0 radical (unpaired) electrons. The molecule has 23 heavy (non-hydrogen) atoms. The highest BCUT2D eigenvalue weighted by atomic mass is 79.9. The summed E-state index contributed by atoms with van der Waals surface area (Å²) in [6.45, 7) is 0. The molecule has 1 aliphatic carbocycles. The zero-order valence-corrected chi connectivity index (χ0v) is 15.8. The first kappa shape index (κ1) is 16.9. The van der Waals surface area contributed by atoms with Gasteiger partial charge < -0.3 is 0 Å². The summed E-state index contributed by atoms with van der Waals surface area (Å²) in [5.74, 6) is -1.96. The summed E-state index contributed by atoms with van der Waals surface area (Å²) in [7, 11) is 0. The summed E-state index contributed by atoms with van der Waals surface area (Å²) in [5, 5.41) is 1.38. The number of nitrogens with zero attached hydrogens (tertiary/aromatic N) is 1. The van der Waals surface area contributed by atoms with E-state index in [4.69, 9.17) is 11.6 Å². The molecule has 1 aromatic carbocycles. The van der Waals surface area contributed by atoms with Crippen LogP contribution in [0.5, 0.6) is 0 Å². The van der Waals surface area contributed by atoms with Gasteiger partial charge in [0.2, 0.25) is 0 Å². The Morgan fingerprint density at radius 1 is 1.04 bits per heavy atom. The maximum absolute atomic E-state index is 12.5. The summed E-state index contributed by atoms with van der Waals surface area (Å²) < 4.78 is 0. The average Bonchev–Trinajstić information content (AvgIpc) is 2.73. The van der Waals surface area contributed by atoms with Gasteiger partial charge in [-0.1, -0.05) is 43.5 Å². The Morgan fingerprint density at radius 3 is 2.00 bits per heavy atom. The molecule has 1 aromatic rings. The van der Waals surface area contributed by atoms with Crippen molar-refractivity contribution in [2.24, 2.45) is 11.8 Å². The van der Waals surface area contributed by atoms with Crippen molar-refractivity contribution >= 4 is 61.2 Å². The minimum Gasteiger partial charge on any atom is -0.272 e. The van der Waals surface area contributed by atoms with Gasteiger partial charge in [-0.3, -0.25) is 19.8 Å². The molecular formula is C15H13Br2ClN2O3. The molecule has 1 saturated carbocycles. The smallest absolute Gasteiger partial charge is 0.270 e. The number of alkyl halides is 2. The van der Waals surface area contributed by atoms with E-state index in [1.165, 1.54) is 0 Å². The second-order valence-electron chi connectivity index (χ2n) is 5.68. The third kappa shape index (κ3) is 3.19. The van der Waals surface area contributed by atoms with E-state index in [1.807, 2.05) is 0 Å². The zero-order valence-electron chi connectivity index (χ0n) is 11.8.